The molecule has 1 aromatic heterocycles. The van der Waals surface area contributed by atoms with E-state index in [2.05, 4.69) is 4.98 Å². The topological polar surface area (TPSA) is 43.8 Å². The highest BCUT2D eigenvalue weighted by molar-refractivity contribution is 5.78. The number of para-hydroxylation sites is 1. The highest BCUT2D eigenvalue weighted by Gasteiger charge is 2.18. The van der Waals surface area contributed by atoms with Crippen LogP contribution in [0.25, 0.3) is 11.0 Å². The molecule has 2 N–H and O–H groups in total. The summed E-state index contributed by atoms with van der Waals surface area (Å²) in [5.41, 5.74) is 7.05. The molecule has 0 atom stereocenters. The molecule has 0 amide bonds. The smallest absolute Gasteiger partial charge is 0.201 e. The van der Waals surface area contributed by atoms with Gasteiger partial charge in [0.25, 0.3) is 0 Å². The van der Waals surface area contributed by atoms with Gasteiger partial charge >= 0.3 is 0 Å². The van der Waals surface area contributed by atoms with Gasteiger partial charge in [0.15, 0.2) is 5.82 Å². The van der Waals surface area contributed by atoms with Crippen molar-refractivity contribution in [1.29, 1.82) is 0 Å². The molecule has 0 bridgehead atoms. The zero-order valence-corrected chi connectivity index (χ0v) is 9.69. The Bertz CT molecular complexity index is 543. The number of fused-ring (bicyclic) bond motifs is 1. The lowest BCUT2D eigenvalue weighted by Gasteiger charge is -2.25. The monoisotopic (exact) mass is 233 g/mol. The molecule has 4 heteroatoms. The van der Waals surface area contributed by atoms with E-state index in [9.17, 15) is 4.39 Å². The normalized spacial score (nSPS) is 16.3. The Morgan fingerprint density at radius 2 is 2.24 bits per heavy atom. The van der Waals surface area contributed by atoms with Gasteiger partial charge in [0.05, 0.1) is 5.52 Å². The molecule has 1 fully saturated rings. The van der Waals surface area contributed by atoms with E-state index in [4.69, 9.17) is 5.73 Å². The number of hydrogen-bond acceptors (Lipinski definition) is 2. The third kappa shape index (κ3) is 1.77. The minimum atomic E-state index is -0.295. The van der Waals surface area contributed by atoms with Crippen LogP contribution >= 0.6 is 0 Å². The van der Waals surface area contributed by atoms with Crippen LogP contribution in [0.1, 0.15) is 25.7 Å². The first-order valence-electron chi connectivity index (χ1n) is 6.16. The second kappa shape index (κ2) is 4.02. The summed E-state index contributed by atoms with van der Waals surface area (Å²) in [4.78, 5) is 4.10. The average Bonchev–Trinajstić information content (AvgIpc) is 2.55. The van der Waals surface area contributed by atoms with E-state index in [-0.39, 0.29) is 5.82 Å². The van der Waals surface area contributed by atoms with Crippen LogP contribution in [0.2, 0.25) is 0 Å². The highest BCUT2D eigenvalue weighted by atomic mass is 19.1. The summed E-state index contributed by atoms with van der Waals surface area (Å²) in [6, 6.07) is 5.01. The standard InChI is InChI=1S/C13H16FN3/c14-10-5-2-6-11-12(10)16-13(15)17(11)8-7-9-3-1-4-9/h2,5-6,9H,1,3-4,7-8H2,(H2,15,16). The predicted molar refractivity (Wildman–Crippen MR) is 66.1 cm³/mol. The second-order valence-corrected chi connectivity index (χ2v) is 4.81. The zero-order valence-electron chi connectivity index (χ0n) is 9.69. The lowest BCUT2D eigenvalue weighted by molar-refractivity contribution is 0.284. The minimum Gasteiger partial charge on any atom is -0.369 e. The molecular weight excluding hydrogens is 217 g/mol. The quantitative estimate of drug-likeness (QED) is 0.885. The first-order valence-corrected chi connectivity index (χ1v) is 6.16. The lowest BCUT2D eigenvalue weighted by Crippen LogP contribution is -2.14. The van der Waals surface area contributed by atoms with E-state index in [1.165, 1.54) is 25.3 Å². The van der Waals surface area contributed by atoms with Crippen LogP contribution in [0, 0.1) is 11.7 Å². The SMILES string of the molecule is Nc1nc2c(F)cccc2n1CCC1CCC1. The number of imidazole rings is 1. The lowest BCUT2D eigenvalue weighted by atomic mass is 9.83. The van der Waals surface area contributed by atoms with Crippen LogP contribution in [0.4, 0.5) is 10.3 Å². The van der Waals surface area contributed by atoms with E-state index in [0.29, 0.717) is 11.5 Å². The van der Waals surface area contributed by atoms with Crippen LogP contribution in [0.3, 0.4) is 0 Å². The van der Waals surface area contributed by atoms with Gasteiger partial charge in [-0.2, -0.15) is 0 Å². The van der Waals surface area contributed by atoms with E-state index in [1.807, 2.05) is 10.6 Å². The number of nitrogen functional groups attached to an aromatic ring is 1. The van der Waals surface area contributed by atoms with Gasteiger partial charge in [0.1, 0.15) is 5.52 Å². The summed E-state index contributed by atoms with van der Waals surface area (Å²) in [7, 11) is 0. The molecule has 1 aromatic carbocycles. The molecule has 90 valence electrons. The molecule has 1 aliphatic rings. The van der Waals surface area contributed by atoms with Gasteiger partial charge in [0, 0.05) is 6.54 Å². The van der Waals surface area contributed by atoms with E-state index >= 15 is 0 Å². The number of halogens is 1. The zero-order chi connectivity index (χ0) is 11.8. The Morgan fingerprint density at radius 3 is 2.94 bits per heavy atom. The van der Waals surface area contributed by atoms with Crippen molar-refractivity contribution in [3.8, 4) is 0 Å². The number of nitrogens with zero attached hydrogens (tertiary/aromatic N) is 2. The summed E-state index contributed by atoms with van der Waals surface area (Å²) in [5.74, 6) is 0.946. The number of aromatic nitrogens is 2. The molecule has 0 aliphatic heterocycles. The summed E-state index contributed by atoms with van der Waals surface area (Å²) < 4.78 is 15.5. The molecule has 17 heavy (non-hydrogen) atoms. The highest BCUT2D eigenvalue weighted by Crippen LogP contribution is 2.31. The van der Waals surface area contributed by atoms with Crippen molar-refractivity contribution in [1.82, 2.24) is 9.55 Å². The maximum absolute atomic E-state index is 13.5. The van der Waals surface area contributed by atoms with Gasteiger partial charge in [-0.3, -0.25) is 0 Å². The fourth-order valence-electron chi connectivity index (χ4n) is 2.46. The summed E-state index contributed by atoms with van der Waals surface area (Å²) in [6.45, 7) is 0.844. The molecule has 0 spiro atoms. The molecule has 2 aromatic rings. The van der Waals surface area contributed by atoms with Crippen molar-refractivity contribution in [2.24, 2.45) is 5.92 Å². The van der Waals surface area contributed by atoms with Crippen molar-refractivity contribution in [2.75, 3.05) is 5.73 Å². The number of hydrogen-bond donors (Lipinski definition) is 1. The predicted octanol–water partition coefficient (Wildman–Crippen LogP) is 2.95. The second-order valence-electron chi connectivity index (χ2n) is 4.81. The van der Waals surface area contributed by atoms with Crippen molar-refractivity contribution in [3.05, 3.63) is 24.0 Å². The number of nitrogens with two attached hydrogens (primary N) is 1. The Morgan fingerprint density at radius 1 is 1.41 bits per heavy atom. The first-order chi connectivity index (χ1) is 8.25. The molecule has 1 heterocycles. The Balaban J connectivity index is 1.91. The van der Waals surface area contributed by atoms with Crippen LogP contribution < -0.4 is 5.73 Å². The van der Waals surface area contributed by atoms with Crippen LogP contribution in [0.5, 0.6) is 0 Å². The van der Waals surface area contributed by atoms with Crippen molar-refractivity contribution in [2.45, 2.75) is 32.2 Å². The Hall–Kier alpha value is -1.58. The largest absolute Gasteiger partial charge is 0.369 e. The van der Waals surface area contributed by atoms with Crippen molar-refractivity contribution >= 4 is 17.0 Å². The molecule has 0 saturated heterocycles. The van der Waals surface area contributed by atoms with E-state index < -0.39 is 0 Å². The molecule has 0 radical (unpaired) electrons. The third-order valence-corrected chi connectivity index (χ3v) is 3.74. The van der Waals surface area contributed by atoms with E-state index in [1.54, 1.807) is 6.07 Å². The number of rotatable bonds is 3. The molecule has 0 unspecified atom stereocenters. The Labute approximate surface area is 99.4 Å². The fraction of sp³-hybridized carbons (Fsp3) is 0.462. The molecule has 1 aliphatic carbocycles. The summed E-state index contributed by atoms with van der Waals surface area (Å²) >= 11 is 0. The maximum Gasteiger partial charge on any atom is 0.201 e. The molecular formula is C13H16FN3. The van der Waals surface area contributed by atoms with Gasteiger partial charge in [0.2, 0.25) is 5.95 Å². The van der Waals surface area contributed by atoms with Crippen molar-refractivity contribution in [3.63, 3.8) is 0 Å². The third-order valence-electron chi connectivity index (χ3n) is 3.74. The first kappa shape index (κ1) is 10.6. The van der Waals surface area contributed by atoms with Crippen molar-refractivity contribution < 1.29 is 4.39 Å². The molecule has 3 nitrogen and oxygen atoms in total. The number of aryl methyl sites for hydroxylation is 1. The summed E-state index contributed by atoms with van der Waals surface area (Å²) in [5, 5.41) is 0. The Kier molecular flexibility index (Phi) is 2.50. The van der Waals surface area contributed by atoms with Crippen LogP contribution in [-0.2, 0) is 6.54 Å². The van der Waals surface area contributed by atoms with Crippen LogP contribution in [-0.4, -0.2) is 9.55 Å². The summed E-state index contributed by atoms with van der Waals surface area (Å²) in [6.07, 6.45) is 5.10. The van der Waals surface area contributed by atoms with E-state index in [0.717, 1.165) is 24.4 Å². The van der Waals surface area contributed by atoms with Gasteiger partial charge in [-0.25, -0.2) is 9.37 Å². The van der Waals surface area contributed by atoms with Gasteiger partial charge < -0.3 is 10.3 Å². The number of anilines is 1. The molecule has 1 saturated carbocycles. The molecule has 3 rings (SSSR count). The van der Waals surface area contributed by atoms with Gasteiger partial charge in [-0.1, -0.05) is 25.3 Å². The van der Waals surface area contributed by atoms with Gasteiger partial charge in [-0.05, 0) is 24.5 Å². The van der Waals surface area contributed by atoms with Crippen LogP contribution in [0.15, 0.2) is 18.2 Å². The van der Waals surface area contributed by atoms with Gasteiger partial charge in [-0.15, -0.1) is 0 Å². The maximum atomic E-state index is 13.5. The fourth-order valence-corrected chi connectivity index (χ4v) is 2.46. The number of benzene rings is 1. The minimum absolute atomic E-state index is 0.295. The average molecular weight is 233 g/mol.